The number of anilines is 1. The number of amides is 1. The van der Waals surface area contributed by atoms with E-state index in [9.17, 15) is 4.79 Å². The second-order valence-corrected chi connectivity index (χ2v) is 4.78. The summed E-state index contributed by atoms with van der Waals surface area (Å²) in [5.41, 5.74) is 1.78. The van der Waals surface area contributed by atoms with Gasteiger partial charge < -0.3 is 14.8 Å². The summed E-state index contributed by atoms with van der Waals surface area (Å²) in [5, 5.41) is 2.80. The molecule has 21 heavy (non-hydrogen) atoms. The van der Waals surface area contributed by atoms with E-state index in [1.54, 1.807) is 13.0 Å². The van der Waals surface area contributed by atoms with Crippen LogP contribution in [0.5, 0.6) is 11.5 Å². The third kappa shape index (κ3) is 4.07. The van der Waals surface area contributed by atoms with Crippen LogP contribution < -0.4 is 10.1 Å². The highest BCUT2D eigenvalue weighted by Crippen LogP contribution is 2.29. The number of aryl methyl sites for hydroxylation is 1. The third-order valence-electron chi connectivity index (χ3n) is 3.12. The number of rotatable bonds is 5. The fraction of sp³-hybridized carbons (Fsp3) is 0.235. The van der Waals surface area contributed by atoms with E-state index in [0.29, 0.717) is 11.4 Å². The van der Waals surface area contributed by atoms with Gasteiger partial charge in [-0.3, -0.25) is 4.79 Å². The summed E-state index contributed by atoms with van der Waals surface area (Å²) < 4.78 is 10.8. The largest absolute Gasteiger partial charge is 0.455 e. The number of benzene rings is 2. The molecule has 4 heteroatoms. The number of para-hydroxylation sites is 2. The van der Waals surface area contributed by atoms with Crippen LogP contribution in [0.2, 0.25) is 0 Å². The highest BCUT2D eigenvalue weighted by molar-refractivity contribution is 5.95. The van der Waals surface area contributed by atoms with Crippen LogP contribution in [0, 0.1) is 6.92 Å². The minimum atomic E-state index is -0.516. The molecular formula is C17H19NO3. The van der Waals surface area contributed by atoms with E-state index in [4.69, 9.17) is 9.47 Å². The number of ether oxygens (including phenoxy) is 2. The Labute approximate surface area is 124 Å². The smallest absolute Gasteiger partial charge is 0.253 e. The van der Waals surface area contributed by atoms with Gasteiger partial charge in [-0.1, -0.05) is 29.8 Å². The van der Waals surface area contributed by atoms with Crippen LogP contribution in [-0.2, 0) is 9.53 Å². The van der Waals surface area contributed by atoms with E-state index >= 15 is 0 Å². The zero-order valence-electron chi connectivity index (χ0n) is 12.4. The van der Waals surface area contributed by atoms with Gasteiger partial charge >= 0.3 is 0 Å². The molecule has 0 aliphatic carbocycles. The Balaban J connectivity index is 2.17. The average Bonchev–Trinajstić information content (AvgIpc) is 2.50. The third-order valence-corrected chi connectivity index (χ3v) is 3.12. The van der Waals surface area contributed by atoms with Crippen LogP contribution in [0.1, 0.15) is 12.5 Å². The second kappa shape index (κ2) is 6.90. The van der Waals surface area contributed by atoms with E-state index in [2.05, 4.69) is 5.32 Å². The first kappa shape index (κ1) is 15.1. The molecule has 4 nitrogen and oxygen atoms in total. The van der Waals surface area contributed by atoms with Crippen molar-refractivity contribution in [2.75, 3.05) is 12.4 Å². The summed E-state index contributed by atoms with van der Waals surface area (Å²) in [4.78, 5) is 11.9. The molecular weight excluding hydrogens is 266 g/mol. The van der Waals surface area contributed by atoms with Crippen LogP contribution in [0.15, 0.2) is 48.5 Å². The summed E-state index contributed by atoms with van der Waals surface area (Å²) in [7, 11) is 1.50. The first-order valence-electron chi connectivity index (χ1n) is 6.77. The Bertz CT molecular complexity index is 608. The van der Waals surface area contributed by atoms with Crippen LogP contribution in [-0.4, -0.2) is 19.1 Å². The van der Waals surface area contributed by atoms with Crippen molar-refractivity contribution in [3.63, 3.8) is 0 Å². The molecule has 110 valence electrons. The van der Waals surface area contributed by atoms with Crippen molar-refractivity contribution in [3.8, 4) is 11.5 Å². The molecule has 0 aliphatic rings. The molecule has 0 radical (unpaired) electrons. The minimum Gasteiger partial charge on any atom is -0.455 e. The van der Waals surface area contributed by atoms with E-state index in [0.717, 1.165) is 11.3 Å². The van der Waals surface area contributed by atoms with Gasteiger partial charge in [-0.15, -0.1) is 0 Å². The predicted octanol–water partition coefficient (Wildman–Crippen LogP) is 3.76. The van der Waals surface area contributed by atoms with Crippen molar-refractivity contribution in [3.05, 3.63) is 54.1 Å². The molecule has 0 bridgehead atoms. The van der Waals surface area contributed by atoms with Crippen LogP contribution in [0.3, 0.4) is 0 Å². The number of nitrogens with one attached hydrogen (secondary N) is 1. The molecule has 0 saturated carbocycles. The molecule has 0 aliphatic heterocycles. The van der Waals surface area contributed by atoms with Crippen molar-refractivity contribution in [1.82, 2.24) is 0 Å². The molecule has 2 rings (SSSR count). The van der Waals surface area contributed by atoms with Crippen molar-refractivity contribution < 1.29 is 14.3 Å². The van der Waals surface area contributed by atoms with E-state index in [1.807, 2.05) is 49.4 Å². The van der Waals surface area contributed by atoms with Gasteiger partial charge in [0.05, 0.1) is 5.69 Å². The van der Waals surface area contributed by atoms with Crippen LogP contribution in [0.25, 0.3) is 0 Å². The Morgan fingerprint density at radius 3 is 2.43 bits per heavy atom. The summed E-state index contributed by atoms with van der Waals surface area (Å²) in [5.74, 6) is 1.11. The van der Waals surface area contributed by atoms with Crippen molar-refractivity contribution in [1.29, 1.82) is 0 Å². The Morgan fingerprint density at radius 1 is 1.10 bits per heavy atom. The lowest BCUT2D eigenvalue weighted by Gasteiger charge is -2.14. The standard InChI is InChI=1S/C17H19NO3/c1-12-8-10-14(11-9-12)21-16-7-5-4-6-15(16)18-17(19)13(2)20-3/h4-11,13H,1-3H3,(H,18,19). The summed E-state index contributed by atoms with van der Waals surface area (Å²) in [6.45, 7) is 3.71. The predicted molar refractivity (Wildman–Crippen MR) is 82.8 cm³/mol. The normalized spacial score (nSPS) is 11.8. The number of hydrogen-bond acceptors (Lipinski definition) is 3. The lowest BCUT2D eigenvalue weighted by Crippen LogP contribution is -2.26. The van der Waals surface area contributed by atoms with Crippen molar-refractivity contribution in [2.24, 2.45) is 0 Å². The van der Waals surface area contributed by atoms with E-state index in [-0.39, 0.29) is 5.91 Å². The highest BCUT2D eigenvalue weighted by atomic mass is 16.5. The SMILES string of the molecule is COC(C)C(=O)Nc1ccccc1Oc1ccc(C)cc1. The maximum Gasteiger partial charge on any atom is 0.253 e. The number of carbonyl (C=O) groups excluding carboxylic acids is 1. The van der Waals surface area contributed by atoms with Gasteiger partial charge in [0.2, 0.25) is 0 Å². The van der Waals surface area contributed by atoms with Crippen LogP contribution >= 0.6 is 0 Å². The molecule has 1 amide bonds. The monoisotopic (exact) mass is 285 g/mol. The number of hydrogen-bond donors (Lipinski definition) is 1. The molecule has 2 aromatic carbocycles. The zero-order chi connectivity index (χ0) is 15.2. The molecule has 1 atom stereocenters. The molecule has 0 heterocycles. The van der Waals surface area contributed by atoms with Crippen molar-refractivity contribution in [2.45, 2.75) is 20.0 Å². The van der Waals surface area contributed by atoms with Gasteiger partial charge in [-0.25, -0.2) is 0 Å². The Kier molecular flexibility index (Phi) is 4.95. The maximum atomic E-state index is 11.9. The molecule has 0 fully saturated rings. The molecule has 1 unspecified atom stereocenters. The second-order valence-electron chi connectivity index (χ2n) is 4.78. The van der Waals surface area contributed by atoms with Crippen LogP contribution in [0.4, 0.5) is 5.69 Å². The van der Waals surface area contributed by atoms with Gasteiger partial charge in [0.15, 0.2) is 5.75 Å². The lowest BCUT2D eigenvalue weighted by molar-refractivity contribution is -0.124. The highest BCUT2D eigenvalue weighted by Gasteiger charge is 2.14. The lowest BCUT2D eigenvalue weighted by atomic mass is 10.2. The Morgan fingerprint density at radius 2 is 1.76 bits per heavy atom. The topological polar surface area (TPSA) is 47.6 Å². The van der Waals surface area contributed by atoms with Gasteiger partial charge in [-0.05, 0) is 38.1 Å². The number of carbonyl (C=O) groups is 1. The van der Waals surface area contributed by atoms with Gasteiger partial charge in [-0.2, -0.15) is 0 Å². The number of methoxy groups -OCH3 is 1. The molecule has 1 N–H and O–H groups in total. The molecule has 0 aromatic heterocycles. The molecule has 2 aromatic rings. The fourth-order valence-corrected chi connectivity index (χ4v) is 1.73. The summed E-state index contributed by atoms with van der Waals surface area (Å²) in [6, 6.07) is 15.1. The maximum absolute atomic E-state index is 11.9. The average molecular weight is 285 g/mol. The first-order chi connectivity index (χ1) is 10.1. The Hall–Kier alpha value is -2.33. The van der Waals surface area contributed by atoms with E-state index in [1.165, 1.54) is 7.11 Å². The van der Waals surface area contributed by atoms with Gasteiger partial charge in [0.25, 0.3) is 5.91 Å². The molecule has 0 saturated heterocycles. The molecule has 0 spiro atoms. The summed E-state index contributed by atoms with van der Waals surface area (Å²) >= 11 is 0. The first-order valence-corrected chi connectivity index (χ1v) is 6.77. The summed E-state index contributed by atoms with van der Waals surface area (Å²) in [6.07, 6.45) is -0.516. The minimum absolute atomic E-state index is 0.211. The fourth-order valence-electron chi connectivity index (χ4n) is 1.73. The van der Waals surface area contributed by atoms with E-state index < -0.39 is 6.10 Å². The zero-order valence-corrected chi connectivity index (χ0v) is 12.4. The van der Waals surface area contributed by atoms with Gasteiger partial charge in [0, 0.05) is 7.11 Å². The van der Waals surface area contributed by atoms with Crippen molar-refractivity contribution >= 4 is 11.6 Å². The quantitative estimate of drug-likeness (QED) is 0.910. The van der Waals surface area contributed by atoms with Gasteiger partial charge in [0.1, 0.15) is 11.9 Å².